The molecule has 0 aromatic heterocycles. The fourth-order valence-electron chi connectivity index (χ4n) is 1.24. The Labute approximate surface area is 68.4 Å². The lowest BCUT2D eigenvalue weighted by Crippen LogP contribution is -2.08. The van der Waals surface area contributed by atoms with Crippen molar-refractivity contribution in [3.63, 3.8) is 0 Å². The monoisotopic (exact) mass is 152 g/mol. The van der Waals surface area contributed by atoms with Crippen molar-refractivity contribution in [3.05, 3.63) is 12.7 Å². The molecule has 0 fully saturated rings. The second-order valence-electron chi connectivity index (χ2n) is 3.13. The zero-order valence-electron chi connectivity index (χ0n) is 7.21. The quantitative estimate of drug-likeness (QED) is 0.412. The molecule has 0 saturated heterocycles. The maximum atomic E-state index is 4.05. The Morgan fingerprint density at radius 3 is 2.55 bits per heavy atom. The van der Waals surface area contributed by atoms with Crippen LogP contribution >= 0.6 is 0 Å². The third-order valence-electron chi connectivity index (χ3n) is 2.03. The first-order chi connectivity index (χ1) is 5.33. The van der Waals surface area contributed by atoms with E-state index in [2.05, 4.69) is 23.7 Å². The van der Waals surface area contributed by atoms with E-state index in [9.17, 15) is 0 Å². The van der Waals surface area contributed by atoms with E-state index in [1.807, 2.05) is 6.08 Å². The van der Waals surface area contributed by atoms with Gasteiger partial charge in [-0.25, -0.2) is 0 Å². The van der Waals surface area contributed by atoms with Crippen molar-refractivity contribution in [3.8, 4) is 0 Å². The predicted molar refractivity (Wildman–Crippen MR) is 46.5 cm³/mol. The van der Waals surface area contributed by atoms with Gasteiger partial charge in [0.15, 0.2) is 5.66 Å². The molecule has 0 saturated carbocycles. The molecule has 0 atom stereocenters. The van der Waals surface area contributed by atoms with Crippen LogP contribution in [0.25, 0.3) is 0 Å². The number of unbranched alkanes of at least 4 members (excludes halogenated alkanes) is 2. The molecule has 11 heavy (non-hydrogen) atoms. The Morgan fingerprint density at radius 1 is 1.36 bits per heavy atom. The molecule has 2 heteroatoms. The van der Waals surface area contributed by atoms with Crippen LogP contribution < -0.4 is 0 Å². The molecule has 0 aliphatic carbocycles. The van der Waals surface area contributed by atoms with Crippen molar-refractivity contribution in [1.82, 2.24) is 0 Å². The van der Waals surface area contributed by atoms with Gasteiger partial charge < -0.3 is 0 Å². The van der Waals surface area contributed by atoms with Crippen LogP contribution in [0.3, 0.4) is 0 Å². The lowest BCUT2D eigenvalue weighted by atomic mass is 10.0. The highest BCUT2D eigenvalue weighted by molar-refractivity contribution is 4.97. The van der Waals surface area contributed by atoms with Gasteiger partial charge in [0.1, 0.15) is 0 Å². The van der Waals surface area contributed by atoms with Gasteiger partial charge in [-0.1, -0.05) is 25.8 Å². The Morgan fingerprint density at radius 2 is 2.09 bits per heavy atom. The van der Waals surface area contributed by atoms with Gasteiger partial charge in [0.2, 0.25) is 0 Å². The van der Waals surface area contributed by atoms with Gasteiger partial charge in [-0.15, -0.1) is 6.58 Å². The summed E-state index contributed by atoms with van der Waals surface area (Å²) in [6, 6.07) is 0. The van der Waals surface area contributed by atoms with E-state index in [1.165, 1.54) is 19.3 Å². The summed E-state index contributed by atoms with van der Waals surface area (Å²) in [5.41, 5.74) is -0.0169. The average Bonchev–Trinajstić information content (AvgIpc) is 2.71. The van der Waals surface area contributed by atoms with Crippen molar-refractivity contribution >= 4 is 0 Å². The average molecular weight is 152 g/mol. The van der Waals surface area contributed by atoms with Crippen LogP contribution in [0, 0.1) is 0 Å². The third-order valence-corrected chi connectivity index (χ3v) is 2.03. The topological polar surface area (TPSA) is 24.7 Å². The minimum absolute atomic E-state index is 0.0169. The molecule has 62 valence electrons. The first-order valence-corrected chi connectivity index (χ1v) is 4.38. The summed E-state index contributed by atoms with van der Waals surface area (Å²) in [6.45, 7) is 5.90. The first kappa shape index (κ1) is 8.44. The summed E-state index contributed by atoms with van der Waals surface area (Å²) < 4.78 is 0. The minimum Gasteiger partial charge on any atom is -0.159 e. The number of hydrogen-bond acceptors (Lipinski definition) is 2. The molecule has 1 heterocycles. The highest BCUT2D eigenvalue weighted by Crippen LogP contribution is 2.37. The van der Waals surface area contributed by atoms with Crippen LogP contribution in [0.15, 0.2) is 22.9 Å². The Hall–Kier alpha value is -0.660. The second kappa shape index (κ2) is 3.65. The first-order valence-electron chi connectivity index (χ1n) is 4.38. The summed E-state index contributed by atoms with van der Waals surface area (Å²) in [5, 5.41) is 8.10. The normalized spacial score (nSPS) is 18.3. The molecule has 1 aliphatic heterocycles. The summed E-state index contributed by atoms with van der Waals surface area (Å²) in [6.07, 6.45) is 7.76. The van der Waals surface area contributed by atoms with Gasteiger partial charge in [0.05, 0.1) is 0 Å². The van der Waals surface area contributed by atoms with E-state index in [0.29, 0.717) is 0 Å². The summed E-state index contributed by atoms with van der Waals surface area (Å²) in [5.74, 6) is 0. The molecular weight excluding hydrogens is 136 g/mol. The van der Waals surface area contributed by atoms with E-state index in [0.717, 1.165) is 12.8 Å². The van der Waals surface area contributed by atoms with Crippen LogP contribution in [0.4, 0.5) is 0 Å². The van der Waals surface area contributed by atoms with Gasteiger partial charge in [-0.2, -0.15) is 10.2 Å². The molecule has 1 rings (SSSR count). The minimum atomic E-state index is -0.0169. The number of rotatable bonds is 6. The summed E-state index contributed by atoms with van der Waals surface area (Å²) >= 11 is 0. The lowest BCUT2D eigenvalue weighted by molar-refractivity contribution is 0.513. The summed E-state index contributed by atoms with van der Waals surface area (Å²) in [4.78, 5) is 0. The van der Waals surface area contributed by atoms with Gasteiger partial charge in [0, 0.05) is 6.42 Å². The fourth-order valence-corrected chi connectivity index (χ4v) is 1.24. The van der Waals surface area contributed by atoms with Gasteiger partial charge in [0.25, 0.3) is 0 Å². The highest BCUT2D eigenvalue weighted by Gasteiger charge is 2.37. The maximum Gasteiger partial charge on any atom is 0.194 e. The molecule has 0 spiro atoms. The Balaban J connectivity index is 2.09. The van der Waals surface area contributed by atoms with E-state index in [4.69, 9.17) is 0 Å². The zero-order valence-corrected chi connectivity index (χ0v) is 7.21. The zero-order chi connectivity index (χ0) is 8.16. The van der Waals surface area contributed by atoms with Crippen LogP contribution in [-0.4, -0.2) is 5.66 Å². The predicted octanol–water partition coefficient (Wildman–Crippen LogP) is 3.30. The van der Waals surface area contributed by atoms with Crippen LogP contribution in [-0.2, 0) is 0 Å². The highest BCUT2D eigenvalue weighted by atomic mass is 15.4. The van der Waals surface area contributed by atoms with Crippen molar-refractivity contribution < 1.29 is 0 Å². The SMILES string of the molecule is C=CCC1(CCCCC)N=N1. The lowest BCUT2D eigenvalue weighted by Gasteiger charge is -2.05. The Bertz CT molecular complexity index is 155. The largest absolute Gasteiger partial charge is 0.194 e. The van der Waals surface area contributed by atoms with Crippen molar-refractivity contribution in [1.29, 1.82) is 0 Å². The summed E-state index contributed by atoms with van der Waals surface area (Å²) in [7, 11) is 0. The molecule has 1 aliphatic rings. The van der Waals surface area contributed by atoms with Gasteiger partial charge in [-0.3, -0.25) is 0 Å². The van der Waals surface area contributed by atoms with Crippen molar-refractivity contribution in [2.24, 2.45) is 10.2 Å². The molecule has 2 nitrogen and oxygen atoms in total. The van der Waals surface area contributed by atoms with E-state index in [1.54, 1.807) is 0 Å². The molecule has 0 amide bonds. The molecule has 0 N–H and O–H groups in total. The standard InChI is InChI=1S/C9H16N2/c1-3-5-6-8-9(7-4-2)10-11-9/h4H,2-3,5-8H2,1H3. The maximum absolute atomic E-state index is 4.05. The molecule has 0 bridgehead atoms. The molecule has 0 aromatic rings. The van der Waals surface area contributed by atoms with E-state index in [-0.39, 0.29) is 5.66 Å². The third kappa shape index (κ3) is 2.45. The second-order valence-corrected chi connectivity index (χ2v) is 3.13. The smallest absolute Gasteiger partial charge is 0.159 e. The molecule has 0 radical (unpaired) electrons. The molecule has 0 aromatic carbocycles. The van der Waals surface area contributed by atoms with Crippen LogP contribution in [0.5, 0.6) is 0 Å². The Kier molecular flexibility index (Phi) is 2.80. The van der Waals surface area contributed by atoms with E-state index < -0.39 is 0 Å². The van der Waals surface area contributed by atoms with Crippen LogP contribution in [0.2, 0.25) is 0 Å². The van der Waals surface area contributed by atoms with Gasteiger partial charge in [-0.05, 0) is 12.8 Å². The number of hydrogen-bond donors (Lipinski definition) is 0. The number of nitrogens with zero attached hydrogens (tertiary/aromatic N) is 2. The fraction of sp³-hybridized carbons (Fsp3) is 0.778. The molecular formula is C9H16N2. The van der Waals surface area contributed by atoms with Gasteiger partial charge >= 0.3 is 0 Å². The van der Waals surface area contributed by atoms with Crippen LogP contribution in [0.1, 0.15) is 39.0 Å². The van der Waals surface area contributed by atoms with Crippen molar-refractivity contribution in [2.45, 2.75) is 44.7 Å². The van der Waals surface area contributed by atoms with E-state index >= 15 is 0 Å². The molecule has 0 unspecified atom stereocenters. The van der Waals surface area contributed by atoms with Crippen molar-refractivity contribution in [2.75, 3.05) is 0 Å².